The van der Waals surface area contributed by atoms with E-state index in [9.17, 15) is 21.6 Å². The van der Waals surface area contributed by atoms with Gasteiger partial charge in [-0.3, -0.25) is 0 Å². The number of alkyl halides is 3. The third kappa shape index (κ3) is 3.25. The Morgan fingerprint density at radius 3 is 2.62 bits per heavy atom. The van der Waals surface area contributed by atoms with E-state index in [1.165, 1.54) is 7.11 Å². The maximum atomic E-state index is 13.0. The molecular formula is C15H18F3NO4S. The van der Waals surface area contributed by atoms with Crippen LogP contribution in [-0.2, 0) is 21.2 Å². The lowest BCUT2D eigenvalue weighted by Gasteiger charge is -2.36. The van der Waals surface area contributed by atoms with E-state index in [0.29, 0.717) is 35.1 Å². The summed E-state index contributed by atoms with van der Waals surface area (Å²) >= 11 is 0. The zero-order chi connectivity index (χ0) is 17.5. The van der Waals surface area contributed by atoms with Crippen molar-refractivity contribution in [3.63, 3.8) is 0 Å². The van der Waals surface area contributed by atoms with E-state index in [-0.39, 0.29) is 19.1 Å². The van der Waals surface area contributed by atoms with E-state index in [1.54, 1.807) is 18.2 Å². The fraction of sp³-hybridized carbons (Fsp3) is 0.600. The molecule has 0 bridgehead atoms. The molecule has 2 aliphatic heterocycles. The topological polar surface area (TPSA) is 59.1 Å². The molecule has 0 radical (unpaired) electrons. The first-order chi connectivity index (χ1) is 11.2. The number of sulfonamides is 1. The zero-order valence-electron chi connectivity index (χ0n) is 13.0. The van der Waals surface area contributed by atoms with Gasteiger partial charge in [0.25, 0.3) is 0 Å². The average Bonchev–Trinajstić information content (AvgIpc) is 3.34. The van der Waals surface area contributed by atoms with E-state index >= 15 is 0 Å². The molecule has 1 aromatic carbocycles. The summed E-state index contributed by atoms with van der Waals surface area (Å²) in [5, 5.41) is 0. The molecule has 134 valence electrons. The predicted octanol–water partition coefficient (Wildman–Crippen LogP) is 2.62. The number of ether oxygens (including phenoxy) is 2. The Labute approximate surface area is 138 Å². The summed E-state index contributed by atoms with van der Waals surface area (Å²) in [5.74, 6) is 0.602. The molecule has 1 saturated heterocycles. The van der Waals surface area contributed by atoms with Gasteiger partial charge in [-0.1, -0.05) is 6.07 Å². The van der Waals surface area contributed by atoms with Crippen LogP contribution in [0.3, 0.4) is 0 Å². The molecule has 2 unspecified atom stereocenters. The number of epoxide rings is 1. The molecule has 0 aliphatic carbocycles. The Balaban J connectivity index is 1.96. The van der Waals surface area contributed by atoms with E-state index < -0.39 is 21.6 Å². The van der Waals surface area contributed by atoms with Crippen LogP contribution in [0.2, 0.25) is 0 Å². The fourth-order valence-electron chi connectivity index (χ4n) is 3.09. The van der Waals surface area contributed by atoms with Crippen molar-refractivity contribution in [1.82, 2.24) is 4.31 Å². The SMILES string of the molecule is COc1ccc2c(c1)CCN(S(=O)(=O)C(F)(F)F)C2CCC1CO1. The molecular weight excluding hydrogens is 347 g/mol. The minimum atomic E-state index is -5.37. The second-order valence-electron chi connectivity index (χ2n) is 5.92. The van der Waals surface area contributed by atoms with Gasteiger partial charge in [-0.2, -0.15) is 17.5 Å². The lowest BCUT2D eigenvalue weighted by molar-refractivity contribution is -0.0505. The highest BCUT2D eigenvalue weighted by Gasteiger charge is 2.53. The third-order valence-electron chi connectivity index (χ3n) is 4.42. The Morgan fingerprint density at radius 1 is 1.33 bits per heavy atom. The highest BCUT2D eigenvalue weighted by molar-refractivity contribution is 7.90. The molecule has 1 aromatic rings. The number of benzene rings is 1. The summed E-state index contributed by atoms with van der Waals surface area (Å²) in [7, 11) is -3.87. The van der Waals surface area contributed by atoms with Gasteiger partial charge in [0.05, 0.1) is 25.9 Å². The molecule has 0 amide bonds. The fourth-order valence-corrected chi connectivity index (χ4v) is 4.24. The minimum Gasteiger partial charge on any atom is -0.497 e. The first-order valence-electron chi connectivity index (χ1n) is 7.60. The van der Waals surface area contributed by atoms with Gasteiger partial charge in [0.2, 0.25) is 0 Å². The van der Waals surface area contributed by atoms with Gasteiger partial charge < -0.3 is 9.47 Å². The van der Waals surface area contributed by atoms with Crippen molar-refractivity contribution in [3.05, 3.63) is 29.3 Å². The highest BCUT2D eigenvalue weighted by atomic mass is 32.2. The van der Waals surface area contributed by atoms with Crippen molar-refractivity contribution < 1.29 is 31.1 Å². The van der Waals surface area contributed by atoms with Crippen LogP contribution in [0, 0.1) is 0 Å². The maximum Gasteiger partial charge on any atom is 0.511 e. The van der Waals surface area contributed by atoms with Gasteiger partial charge in [0, 0.05) is 6.54 Å². The average molecular weight is 365 g/mol. The zero-order valence-corrected chi connectivity index (χ0v) is 13.9. The molecule has 0 aromatic heterocycles. The Bertz CT molecular complexity index is 716. The van der Waals surface area contributed by atoms with E-state index in [0.717, 1.165) is 5.56 Å². The number of methoxy groups -OCH3 is 1. The smallest absolute Gasteiger partial charge is 0.497 e. The van der Waals surface area contributed by atoms with Gasteiger partial charge in [0.1, 0.15) is 5.75 Å². The van der Waals surface area contributed by atoms with Gasteiger partial charge >= 0.3 is 15.5 Å². The Morgan fingerprint density at radius 2 is 2.04 bits per heavy atom. The molecule has 5 nitrogen and oxygen atoms in total. The normalized spacial score (nSPS) is 24.5. The van der Waals surface area contributed by atoms with E-state index in [1.807, 2.05) is 0 Å². The molecule has 2 aliphatic rings. The van der Waals surface area contributed by atoms with Crippen molar-refractivity contribution in [1.29, 1.82) is 0 Å². The van der Waals surface area contributed by atoms with Gasteiger partial charge in [0.15, 0.2) is 0 Å². The van der Waals surface area contributed by atoms with Crippen molar-refractivity contribution in [3.8, 4) is 5.75 Å². The molecule has 2 heterocycles. The van der Waals surface area contributed by atoms with Crippen molar-refractivity contribution in [2.75, 3.05) is 20.3 Å². The van der Waals surface area contributed by atoms with Crippen LogP contribution < -0.4 is 4.74 Å². The number of hydrogen-bond acceptors (Lipinski definition) is 4. The second-order valence-corrected chi connectivity index (χ2v) is 7.81. The summed E-state index contributed by atoms with van der Waals surface area (Å²) in [5.41, 5.74) is -3.87. The maximum absolute atomic E-state index is 13.0. The first-order valence-corrected chi connectivity index (χ1v) is 9.04. The van der Waals surface area contributed by atoms with Gasteiger partial charge in [-0.25, -0.2) is 8.42 Å². The van der Waals surface area contributed by atoms with Gasteiger partial charge in [-0.15, -0.1) is 0 Å². The number of halogens is 3. The predicted molar refractivity (Wildman–Crippen MR) is 80.1 cm³/mol. The Kier molecular flexibility index (Phi) is 4.52. The largest absolute Gasteiger partial charge is 0.511 e. The molecule has 0 spiro atoms. The lowest BCUT2D eigenvalue weighted by atomic mass is 9.91. The van der Waals surface area contributed by atoms with Crippen LogP contribution in [0.4, 0.5) is 13.2 Å². The number of rotatable bonds is 5. The van der Waals surface area contributed by atoms with Crippen molar-refractivity contribution in [2.24, 2.45) is 0 Å². The molecule has 24 heavy (non-hydrogen) atoms. The van der Waals surface area contributed by atoms with Crippen molar-refractivity contribution in [2.45, 2.75) is 36.9 Å². The number of nitrogens with zero attached hydrogens (tertiary/aromatic N) is 1. The molecule has 0 N–H and O–H groups in total. The van der Waals surface area contributed by atoms with Crippen LogP contribution in [0.5, 0.6) is 5.75 Å². The van der Waals surface area contributed by atoms with Crippen LogP contribution in [0.1, 0.15) is 30.0 Å². The number of fused-ring (bicyclic) bond motifs is 1. The van der Waals surface area contributed by atoms with Crippen LogP contribution in [-0.4, -0.2) is 44.6 Å². The lowest BCUT2D eigenvalue weighted by Crippen LogP contribution is -2.46. The van der Waals surface area contributed by atoms with Crippen LogP contribution in [0.25, 0.3) is 0 Å². The standard InChI is InChI=1S/C15H18F3NO4S/c1-22-11-2-4-13-10(8-11)6-7-19(24(20,21)15(16,17)18)14(13)5-3-12-9-23-12/h2,4,8,12,14H,3,5-7,9H2,1H3. The van der Waals surface area contributed by atoms with Crippen molar-refractivity contribution >= 4 is 10.0 Å². The third-order valence-corrected chi connectivity index (χ3v) is 6.06. The van der Waals surface area contributed by atoms with Crippen LogP contribution in [0.15, 0.2) is 18.2 Å². The molecule has 1 fully saturated rings. The van der Waals surface area contributed by atoms with E-state index in [2.05, 4.69) is 0 Å². The highest BCUT2D eigenvalue weighted by Crippen LogP contribution is 2.41. The minimum absolute atomic E-state index is 0.0177. The number of hydrogen-bond donors (Lipinski definition) is 0. The van der Waals surface area contributed by atoms with Gasteiger partial charge in [-0.05, 0) is 42.5 Å². The first kappa shape index (κ1) is 17.5. The summed E-state index contributed by atoms with van der Waals surface area (Å²) in [4.78, 5) is 0. The summed E-state index contributed by atoms with van der Waals surface area (Å²) < 4.78 is 73.8. The Hall–Kier alpha value is -1.32. The molecule has 9 heteroatoms. The van der Waals surface area contributed by atoms with E-state index in [4.69, 9.17) is 9.47 Å². The quantitative estimate of drug-likeness (QED) is 0.753. The molecule has 0 saturated carbocycles. The monoisotopic (exact) mass is 365 g/mol. The second kappa shape index (κ2) is 6.20. The van der Waals surface area contributed by atoms with Crippen LogP contribution >= 0.6 is 0 Å². The summed E-state index contributed by atoms with van der Waals surface area (Å²) in [6.45, 7) is 0.381. The summed E-state index contributed by atoms with van der Waals surface area (Å²) in [6, 6.07) is 4.22. The molecule has 2 atom stereocenters. The molecule has 3 rings (SSSR count). The summed E-state index contributed by atoms with van der Waals surface area (Å²) in [6.07, 6.45) is 1.06.